The van der Waals surface area contributed by atoms with Gasteiger partial charge in [-0.15, -0.1) is 0 Å². The predicted octanol–water partition coefficient (Wildman–Crippen LogP) is 2.12. The fourth-order valence-corrected chi connectivity index (χ4v) is 1.43. The second kappa shape index (κ2) is 3.01. The zero-order chi connectivity index (χ0) is 9.42. The summed E-state index contributed by atoms with van der Waals surface area (Å²) >= 11 is 5.77. The largest absolute Gasteiger partial charge is 0.461 e. The molecule has 0 amide bonds. The number of hydrogen-bond donors (Lipinski definition) is 1. The normalized spacial score (nSPS) is 20.2. The van der Waals surface area contributed by atoms with Crippen molar-refractivity contribution in [1.82, 2.24) is 0 Å². The lowest BCUT2D eigenvalue weighted by Gasteiger charge is -2.18. The van der Waals surface area contributed by atoms with E-state index in [-0.39, 0.29) is 5.82 Å². The van der Waals surface area contributed by atoms with Crippen molar-refractivity contribution in [1.29, 1.82) is 0 Å². The van der Waals surface area contributed by atoms with Gasteiger partial charge in [0, 0.05) is 11.6 Å². The molecule has 0 aromatic heterocycles. The molecule has 0 saturated carbocycles. The average Bonchev–Trinajstić information content (AvgIpc) is 2.06. The number of aliphatic hydroxyl groups excluding tert-OH is 1. The van der Waals surface area contributed by atoms with E-state index in [1.54, 1.807) is 0 Å². The second-order valence-electron chi connectivity index (χ2n) is 2.66. The van der Waals surface area contributed by atoms with Crippen molar-refractivity contribution in [3.8, 4) is 5.75 Å². The summed E-state index contributed by atoms with van der Waals surface area (Å²) in [5.41, 5.74) is 0.465. The van der Waals surface area contributed by atoms with Crippen LogP contribution in [0.4, 0.5) is 4.39 Å². The van der Waals surface area contributed by atoms with Crippen LogP contribution in [0.3, 0.4) is 0 Å². The van der Waals surface area contributed by atoms with Gasteiger partial charge in [0.15, 0.2) is 0 Å². The van der Waals surface area contributed by atoms with Gasteiger partial charge in [0.25, 0.3) is 0 Å². The van der Waals surface area contributed by atoms with Gasteiger partial charge >= 0.3 is 0 Å². The molecule has 1 heterocycles. The topological polar surface area (TPSA) is 29.5 Å². The highest BCUT2D eigenvalue weighted by Crippen LogP contribution is 2.33. The standard InChI is InChI=1S/C9H6ClFO2/c10-7-4-9(12)13-8-2-1-5(11)3-6(7)8/h1-4,9,12H. The highest BCUT2D eigenvalue weighted by atomic mass is 35.5. The highest BCUT2D eigenvalue weighted by Gasteiger charge is 2.17. The molecule has 2 rings (SSSR count). The van der Waals surface area contributed by atoms with E-state index in [0.29, 0.717) is 16.3 Å². The number of hydrogen-bond acceptors (Lipinski definition) is 2. The van der Waals surface area contributed by atoms with Crippen LogP contribution in [0.5, 0.6) is 5.75 Å². The van der Waals surface area contributed by atoms with Crippen molar-refractivity contribution in [3.05, 3.63) is 35.7 Å². The third kappa shape index (κ3) is 1.53. The maximum absolute atomic E-state index is 12.8. The fourth-order valence-electron chi connectivity index (χ4n) is 1.17. The summed E-state index contributed by atoms with van der Waals surface area (Å²) in [5, 5.41) is 9.42. The average molecular weight is 201 g/mol. The van der Waals surface area contributed by atoms with E-state index in [9.17, 15) is 4.39 Å². The summed E-state index contributed by atoms with van der Waals surface area (Å²) in [6.45, 7) is 0. The van der Waals surface area contributed by atoms with Crippen molar-refractivity contribution >= 4 is 16.6 Å². The monoisotopic (exact) mass is 200 g/mol. The van der Waals surface area contributed by atoms with Gasteiger partial charge in [-0.1, -0.05) is 11.6 Å². The van der Waals surface area contributed by atoms with Gasteiger partial charge in [-0.25, -0.2) is 4.39 Å². The molecule has 0 fully saturated rings. The van der Waals surface area contributed by atoms with Crippen molar-refractivity contribution in [2.24, 2.45) is 0 Å². The fraction of sp³-hybridized carbons (Fsp3) is 0.111. The van der Waals surface area contributed by atoms with Crippen molar-refractivity contribution in [2.45, 2.75) is 6.29 Å². The van der Waals surface area contributed by atoms with Gasteiger partial charge in [0.05, 0.1) is 5.03 Å². The van der Waals surface area contributed by atoms with Crippen LogP contribution in [0.1, 0.15) is 5.56 Å². The Labute approximate surface area is 79.2 Å². The lowest BCUT2D eigenvalue weighted by molar-refractivity contribution is 0.0228. The smallest absolute Gasteiger partial charge is 0.219 e. The molecule has 0 radical (unpaired) electrons. The van der Waals surface area contributed by atoms with Gasteiger partial charge in [0.1, 0.15) is 11.6 Å². The molecule has 4 heteroatoms. The Balaban J connectivity index is 2.54. The first-order valence-electron chi connectivity index (χ1n) is 3.69. The molecule has 0 saturated heterocycles. The summed E-state index contributed by atoms with van der Waals surface area (Å²) in [6.07, 6.45) is 0.258. The van der Waals surface area contributed by atoms with E-state index in [1.807, 2.05) is 0 Å². The molecule has 1 aromatic rings. The molecule has 1 unspecified atom stereocenters. The Morgan fingerprint density at radius 3 is 3.00 bits per heavy atom. The zero-order valence-electron chi connectivity index (χ0n) is 6.50. The zero-order valence-corrected chi connectivity index (χ0v) is 7.25. The first kappa shape index (κ1) is 8.53. The summed E-state index contributed by atoms with van der Waals surface area (Å²) < 4.78 is 17.7. The Hall–Kier alpha value is -1.06. The summed E-state index contributed by atoms with van der Waals surface area (Å²) in [7, 11) is 0. The molecular weight excluding hydrogens is 195 g/mol. The molecule has 0 spiro atoms. The minimum Gasteiger partial charge on any atom is -0.461 e. The van der Waals surface area contributed by atoms with Gasteiger partial charge in [-0.3, -0.25) is 0 Å². The van der Waals surface area contributed by atoms with Gasteiger partial charge in [-0.05, 0) is 18.2 Å². The number of aliphatic hydroxyl groups is 1. The second-order valence-corrected chi connectivity index (χ2v) is 3.07. The highest BCUT2D eigenvalue weighted by molar-refractivity contribution is 6.49. The minimum atomic E-state index is -1.05. The number of halogens is 2. The number of rotatable bonds is 0. The van der Waals surface area contributed by atoms with Crippen LogP contribution in [0.2, 0.25) is 0 Å². The molecule has 2 nitrogen and oxygen atoms in total. The van der Waals surface area contributed by atoms with Crippen LogP contribution >= 0.6 is 11.6 Å². The lowest BCUT2D eigenvalue weighted by Crippen LogP contribution is -2.16. The van der Waals surface area contributed by atoms with Crippen LogP contribution in [-0.2, 0) is 0 Å². The first-order chi connectivity index (χ1) is 6.16. The molecule has 0 aliphatic carbocycles. The van der Waals surface area contributed by atoms with E-state index in [4.69, 9.17) is 21.4 Å². The molecule has 13 heavy (non-hydrogen) atoms. The summed E-state index contributed by atoms with van der Waals surface area (Å²) in [6, 6.07) is 3.95. The minimum absolute atomic E-state index is 0.299. The van der Waals surface area contributed by atoms with Crippen molar-refractivity contribution < 1.29 is 14.2 Å². The molecule has 0 bridgehead atoms. The molecular formula is C9H6ClFO2. The molecule has 1 aromatic carbocycles. The molecule has 1 aliphatic heterocycles. The third-order valence-electron chi connectivity index (χ3n) is 1.74. The maximum Gasteiger partial charge on any atom is 0.219 e. The first-order valence-corrected chi connectivity index (χ1v) is 4.06. The van der Waals surface area contributed by atoms with Crippen LogP contribution in [0.15, 0.2) is 24.3 Å². The number of fused-ring (bicyclic) bond motifs is 1. The third-order valence-corrected chi connectivity index (χ3v) is 2.07. The van der Waals surface area contributed by atoms with Crippen LogP contribution in [0, 0.1) is 5.82 Å². The van der Waals surface area contributed by atoms with E-state index in [1.165, 1.54) is 24.3 Å². The van der Waals surface area contributed by atoms with E-state index in [0.717, 1.165) is 0 Å². The van der Waals surface area contributed by atoms with Gasteiger partial charge in [-0.2, -0.15) is 0 Å². The Morgan fingerprint density at radius 2 is 2.23 bits per heavy atom. The summed E-state index contributed by atoms with van der Waals surface area (Å²) in [4.78, 5) is 0. The van der Waals surface area contributed by atoms with E-state index in [2.05, 4.69) is 0 Å². The number of benzene rings is 1. The SMILES string of the molecule is OC1C=C(Cl)c2cc(F)ccc2O1. The molecule has 1 N–H and O–H groups in total. The Kier molecular flexibility index (Phi) is 1.98. The van der Waals surface area contributed by atoms with Crippen LogP contribution in [-0.4, -0.2) is 11.4 Å². The molecule has 68 valence electrons. The van der Waals surface area contributed by atoms with Crippen molar-refractivity contribution in [3.63, 3.8) is 0 Å². The predicted molar refractivity (Wildman–Crippen MR) is 46.9 cm³/mol. The Bertz CT molecular complexity index is 376. The molecule has 1 atom stereocenters. The molecule has 1 aliphatic rings. The lowest BCUT2D eigenvalue weighted by atomic mass is 10.1. The van der Waals surface area contributed by atoms with Crippen LogP contribution in [0.25, 0.3) is 5.03 Å². The van der Waals surface area contributed by atoms with Gasteiger partial charge < -0.3 is 9.84 Å². The quantitative estimate of drug-likeness (QED) is 0.695. The van der Waals surface area contributed by atoms with E-state index < -0.39 is 6.29 Å². The van der Waals surface area contributed by atoms with Crippen molar-refractivity contribution in [2.75, 3.05) is 0 Å². The number of ether oxygens (including phenoxy) is 1. The maximum atomic E-state index is 12.8. The van der Waals surface area contributed by atoms with E-state index >= 15 is 0 Å². The van der Waals surface area contributed by atoms with Gasteiger partial charge in [0.2, 0.25) is 6.29 Å². The summed E-state index contributed by atoms with van der Waals surface area (Å²) in [5.74, 6) is 0.00619. The van der Waals surface area contributed by atoms with Crippen LogP contribution < -0.4 is 4.74 Å². The Morgan fingerprint density at radius 1 is 1.46 bits per heavy atom.